The van der Waals surface area contributed by atoms with Gasteiger partial charge in [0.1, 0.15) is 16.8 Å². The van der Waals surface area contributed by atoms with E-state index in [4.69, 9.17) is 11.6 Å². The van der Waals surface area contributed by atoms with Crippen LogP contribution in [0.4, 0.5) is 5.82 Å². The van der Waals surface area contributed by atoms with Crippen LogP contribution < -0.4 is 5.32 Å². The third-order valence-corrected chi connectivity index (χ3v) is 3.34. The van der Waals surface area contributed by atoms with Crippen molar-refractivity contribution in [3.8, 4) is 0 Å². The van der Waals surface area contributed by atoms with E-state index in [1.165, 1.54) is 0 Å². The molecule has 1 aromatic heterocycles. The molecule has 1 aliphatic rings. The van der Waals surface area contributed by atoms with Gasteiger partial charge in [0.2, 0.25) is 0 Å². The van der Waals surface area contributed by atoms with Gasteiger partial charge in [-0.2, -0.15) is 0 Å². The monoisotopic (exact) mass is 269 g/mol. The standard InChI is InChI=1S/C13H20ClN3O/c1-13(2,3)12-16-10(14)6-11(17-12)15-7-8-4-9(18)5-8/h6,8-9,18H,4-5,7H2,1-3H3,(H,15,16,17). The molecule has 100 valence electrons. The summed E-state index contributed by atoms with van der Waals surface area (Å²) in [6, 6.07) is 1.74. The molecule has 4 nitrogen and oxygen atoms in total. The van der Waals surface area contributed by atoms with E-state index in [-0.39, 0.29) is 11.5 Å². The summed E-state index contributed by atoms with van der Waals surface area (Å²) in [5.74, 6) is 2.04. The van der Waals surface area contributed by atoms with Crippen molar-refractivity contribution in [3.63, 3.8) is 0 Å². The third-order valence-electron chi connectivity index (χ3n) is 3.15. The number of aromatic nitrogens is 2. The highest BCUT2D eigenvalue weighted by atomic mass is 35.5. The molecule has 0 atom stereocenters. The first-order valence-electron chi connectivity index (χ1n) is 6.31. The van der Waals surface area contributed by atoms with Crippen molar-refractivity contribution in [1.29, 1.82) is 0 Å². The number of anilines is 1. The van der Waals surface area contributed by atoms with Gasteiger partial charge in [0, 0.05) is 18.0 Å². The molecular weight excluding hydrogens is 250 g/mol. The molecule has 18 heavy (non-hydrogen) atoms. The Morgan fingerprint density at radius 2 is 2.06 bits per heavy atom. The minimum atomic E-state index is -0.117. The Hall–Kier alpha value is -0.870. The van der Waals surface area contributed by atoms with Crippen LogP contribution in [0.5, 0.6) is 0 Å². The van der Waals surface area contributed by atoms with E-state index in [1.807, 2.05) is 0 Å². The van der Waals surface area contributed by atoms with Crippen LogP contribution in [0.1, 0.15) is 39.4 Å². The van der Waals surface area contributed by atoms with Gasteiger partial charge in [-0.15, -0.1) is 0 Å². The molecule has 0 amide bonds. The molecule has 1 aliphatic carbocycles. The smallest absolute Gasteiger partial charge is 0.137 e. The molecule has 0 aromatic carbocycles. The summed E-state index contributed by atoms with van der Waals surface area (Å²) in [5.41, 5.74) is -0.117. The molecule has 2 N–H and O–H groups in total. The van der Waals surface area contributed by atoms with Crippen molar-refractivity contribution in [2.24, 2.45) is 5.92 Å². The Morgan fingerprint density at radius 1 is 1.39 bits per heavy atom. The van der Waals surface area contributed by atoms with E-state index < -0.39 is 0 Å². The number of halogens is 1. The van der Waals surface area contributed by atoms with Crippen LogP contribution >= 0.6 is 11.6 Å². The lowest BCUT2D eigenvalue weighted by molar-refractivity contribution is 0.0486. The highest BCUT2D eigenvalue weighted by Crippen LogP contribution is 2.28. The Balaban J connectivity index is 2.02. The minimum Gasteiger partial charge on any atom is -0.393 e. The van der Waals surface area contributed by atoms with E-state index in [1.54, 1.807) is 6.07 Å². The van der Waals surface area contributed by atoms with Crippen molar-refractivity contribution in [3.05, 3.63) is 17.0 Å². The van der Waals surface area contributed by atoms with Gasteiger partial charge in [0.25, 0.3) is 0 Å². The van der Waals surface area contributed by atoms with Gasteiger partial charge in [0.05, 0.1) is 6.10 Å². The minimum absolute atomic E-state index is 0.115. The molecule has 0 radical (unpaired) electrons. The topological polar surface area (TPSA) is 58.0 Å². The predicted molar refractivity (Wildman–Crippen MR) is 73.0 cm³/mol. The number of aliphatic hydroxyl groups is 1. The fourth-order valence-electron chi connectivity index (χ4n) is 1.96. The summed E-state index contributed by atoms with van der Waals surface area (Å²) in [6.07, 6.45) is 1.63. The first-order chi connectivity index (χ1) is 8.34. The molecule has 1 aromatic rings. The molecule has 0 bridgehead atoms. The van der Waals surface area contributed by atoms with Gasteiger partial charge in [-0.3, -0.25) is 0 Å². The van der Waals surface area contributed by atoms with Crippen molar-refractivity contribution in [2.75, 3.05) is 11.9 Å². The normalized spacial score (nSPS) is 23.6. The fraction of sp³-hybridized carbons (Fsp3) is 0.692. The highest BCUT2D eigenvalue weighted by Gasteiger charge is 2.27. The Morgan fingerprint density at radius 3 is 2.61 bits per heavy atom. The van der Waals surface area contributed by atoms with Crippen LogP contribution in [0.3, 0.4) is 0 Å². The lowest BCUT2D eigenvalue weighted by atomic mass is 9.82. The molecule has 0 saturated heterocycles. The molecule has 1 fully saturated rings. The van der Waals surface area contributed by atoms with Gasteiger partial charge in [-0.05, 0) is 18.8 Å². The van der Waals surface area contributed by atoms with E-state index in [0.717, 1.165) is 31.0 Å². The van der Waals surface area contributed by atoms with Gasteiger partial charge < -0.3 is 10.4 Å². The van der Waals surface area contributed by atoms with Crippen LogP contribution in [0.15, 0.2) is 6.07 Å². The predicted octanol–water partition coefficient (Wildman–Crippen LogP) is 2.61. The van der Waals surface area contributed by atoms with E-state index in [0.29, 0.717) is 11.1 Å². The number of nitrogens with zero attached hydrogens (tertiary/aromatic N) is 2. The Kier molecular flexibility index (Phi) is 3.78. The second kappa shape index (κ2) is 5.02. The summed E-state index contributed by atoms with van der Waals surface area (Å²) in [4.78, 5) is 8.74. The maximum Gasteiger partial charge on any atom is 0.137 e. The lowest BCUT2D eigenvalue weighted by Gasteiger charge is -2.31. The van der Waals surface area contributed by atoms with Crippen LogP contribution in [0.25, 0.3) is 0 Å². The van der Waals surface area contributed by atoms with Crippen molar-refractivity contribution in [2.45, 2.75) is 45.1 Å². The molecule has 5 heteroatoms. The number of aliphatic hydroxyl groups excluding tert-OH is 1. The molecule has 0 aliphatic heterocycles. The van der Waals surface area contributed by atoms with E-state index >= 15 is 0 Å². The number of hydrogen-bond acceptors (Lipinski definition) is 4. The van der Waals surface area contributed by atoms with Gasteiger partial charge >= 0.3 is 0 Å². The fourth-order valence-corrected chi connectivity index (χ4v) is 2.14. The Labute approximate surface area is 113 Å². The number of nitrogens with one attached hydrogen (secondary N) is 1. The van der Waals surface area contributed by atoms with Crippen LogP contribution in [-0.4, -0.2) is 27.7 Å². The summed E-state index contributed by atoms with van der Waals surface area (Å²) < 4.78 is 0. The quantitative estimate of drug-likeness (QED) is 0.828. The number of hydrogen-bond donors (Lipinski definition) is 2. The van der Waals surface area contributed by atoms with Crippen LogP contribution in [0, 0.1) is 5.92 Å². The van der Waals surface area contributed by atoms with Crippen molar-refractivity contribution < 1.29 is 5.11 Å². The first kappa shape index (κ1) is 13.6. The SMILES string of the molecule is CC(C)(C)c1nc(Cl)cc(NCC2CC(O)C2)n1. The van der Waals surface area contributed by atoms with Crippen LogP contribution in [0.2, 0.25) is 5.15 Å². The molecule has 2 rings (SSSR count). The third kappa shape index (κ3) is 3.33. The maximum absolute atomic E-state index is 9.24. The summed E-state index contributed by atoms with van der Waals surface area (Å²) >= 11 is 6.01. The zero-order chi connectivity index (χ0) is 13.3. The molecule has 1 heterocycles. The van der Waals surface area contributed by atoms with Gasteiger partial charge in [-0.25, -0.2) is 9.97 Å². The maximum atomic E-state index is 9.24. The zero-order valence-electron chi connectivity index (χ0n) is 11.1. The van der Waals surface area contributed by atoms with Crippen molar-refractivity contribution in [1.82, 2.24) is 9.97 Å². The first-order valence-corrected chi connectivity index (χ1v) is 6.69. The summed E-state index contributed by atoms with van der Waals surface area (Å²) in [7, 11) is 0. The second-order valence-corrected chi connectivity index (χ2v) is 6.41. The van der Waals surface area contributed by atoms with Gasteiger partial charge in [0.15, 0.2) is 0 Å². The highest BCUT2D eigenvalue weighted by molar-refractivity contribution is 6.29. The average molecular weight is 270 g/mol. The van der Waals surface area contributed by atoms with E-state index in [2.05, 4.69) is 36.1 Å². The molecule has 1 saturated carbocycles. The van der Waals surface area contributed by atoms with Crippen molar-refractivity contribution >= 4 is 17.4 Å². The van der Waals surface area contributed by atoms with E-state index in [9.17, 15) is 5.11 Å². The number of rotatable bonds is 3. The molecule has 0 spiro atoms. The summed E-state index contributed by atoms with van der Waals surface area (Å²) in [5, 5.41) is 13.0. The largest absolute Gasteiger partial charge is 0.393 e. The summed E-state index contributed by atoms with van der Waals surface area (Å²) in [6.45, 7) is 7.01. The molecular formula is C13H20ClN3O. The second-order valence-electron chi connectivity index (χ2n) is 6.02. The molecule has 0 unspecified atom stereocenters. The Bertz CT molecular complexity index is 425. The van der Waals surface area contributed by atoms with Gasteiger partial charge in [-0.1, -0.05) is 32.4 Å². The zero-order valence-corrected chi connectivity index (χ0v) is 11.8. The lowest BCUT2D eigenvalue weighted by Crippen LogP contribution is -2.33. The van der Waals surface area contributed by atoms with Crippen LogP contribution in [-0.2, 0) is 5.41 Å². The average Bonchev–Trinajstić information content (AvgIpc) is 2.21.